The third-order valence-electron chi connectivity index (χ3n) is 4.96. The number of carbonyl (C=O) groups is 1. The summed E-state index contributed by atoms with van der Waals surface area (Å²) in [4.78, 5) is 25.1. The van der Waals surface area contributed by atoms with Crippen molar-refractivity contribution >= 4 is 29.0 Å². The molecule has 1 heterocycles. The molecule has 3 rings (SSSR count). The van der Waals surface area contributed by atoms with Gasteiger partial charge in [0, 0.05) is 42.3 Å². The Morgan fingerprint density at radius 2 is 1.88 bits per heavy atom. The molecule has 0 saturated carbocycles. The lowest BCUT2D eigenvalue weighted by Crippen LogP contribution is -2.36. The molecule has 11 heteroatoms. The molecule has 0 radical (unpaired) electrons. The van der Waals surface area contributed by atoms with E-state index in [1.807, 2.05) is 4.90 Å². The highest BCUT2D eigenvalue weighted by molar-refractivity contribution is 8.00. The number of benzene rings is 2. The molecule has 0 aliphatic carbocycles. The number of nitrogens with one attached hydrogen (secondary N) is 1. The standard InChI is InChI=1S/C21H22F3N3O4S/c1-14(32-18-6-4-16(5-7-18)27(29)30)20(28)25-13-15-2-3-17(12-19(15)21(22,23)24)26-8-10-31-11-9-26/h2-7,12,14H,8-11,13H2,1H3,(H,25,28). The van der Waals surface area contributed by atoms with E-state index in [1.165, 1.54) is 30.3 Å². The number of morpholine rings is 1. The maximum atomic E-state index is 13.6. The van der Waals surface area contributed by atoms with E-state index in [0.29, 0.717) is 36.9 Å². The summed E-state index contributed by atoms with van der Waals surface area (Å²) in [7, 11) is 0. The first-order chi connectivity index (χ1) is 15.1. The van der Waals surface area contributed by atoms with Gasteiger partial charge >= 0.3 is 6.18 Å². The van der Waals surface area contributed by atoms with Crippen molar-refractivity contribution < 1.29 is 27.6 Å². The van der Waals surface area contributed by atoms with Crippen molar-refractivity contribution in [3.05, 3.63) is 63.7 Å². The number of ether oxygens (including phenoxy) is 1. The third kappa shape index (κ3) is 6.13. The number of nitrogens with zero attached hydrogens (tertiary/aromatic N) is 2. The summed E-state index contributed by atoms with van der Waals surface area (Å²) in [5.74, 6) is -0.432. The van der Waals surface area contributed by atoms with E-state index < -0.39 is 27.8 Å². The van der Waals surface area contributed by atoms with E-state index in [2.05, 4.69) is 5.32 Å². The van der Waals surface area contributed by atoms with E-state index in [0.717, 1.165) is 17.8 Å². The summed E-state index contributed by atoms with van der Waals surface area (Å²) in [5.41, 5.74) is -0.391. The average molecular weight is 469 g/mol. The number of nitro benzene ring substituents is 1. The zero-order valence-corrected chi connectivity index (χ0v) is 18.0. The van der Waals surface area contributed by atoms with Crippen molar-refractivity contribution in [1.82, 2.24) is 5.32 Å². The molecular weight excluding hydrogens is 447 g/mol. The molecule has 2 aromatic carbocycles. The largest absolute Gasteiger partial charge is 0.416 e. The van der Waals surface area contributed by atoms with Gasteiger partial charge in [0.1, 0.15) is 0 Å². The third-order valence-corrected chi connectivity index (χ3v) is 6.07. The first-order valence-electron chi connectivity index (χ1n) is 9.87. The van der Waals surface area contributed by atoms with Crippen LogP contribution in [0.1, 0.15) is 18.1 Å². The number of rotatable bonds is 7. The van der Waals surface area contributed by atoms with E-state index >= 15 is 0 Å². The number of carbonyl (C=O) groups excluding carboxylic acids is 1. The predicted molar refractivity (Wildman–Crippen MR) is 115 cm³/mol. The Labute approximate surface area is 187 Å². The molecule has 1 amide bonds. The summed E-state index contributed by atoms with van der Waals surface area (Å²) in [6.45, 7) is 3.32. The Morgan fingerprint density at radius 3 is 2.47 bits per heavy atom. The zero-order valence-electron chi connectivity index (χ0n) is 17.2. The number of hydrogen-bond donors (Lipinski definition) is 1. The van der Waals surface area contributed by atoms with Gasteiger partial charge in [0.05, 0.1) is 29.0 Å². The van der Waals surface area contributed by atoms with Crippen LogP contribution in [0.4, 0.5) is 24.5 Å². The van der Waals surface area contributed by atoms with Gasteiger partial charge in [-0.15, -0.1) is 11.8 Å². The molecule has 172 valence electrons. The zero-order chi connectivity index (χ0) is 23.3. The smallest absolute Gasteiger partial charge is 0.378 e. The van der Waals surface area contributed by atoms with Gasteiger partial charge in [-0.3, -0.25) is 14.9 Å². The molecule has 0 aromatic heterocycles. The first-order valence-corrected chi connectivity index (χ1v) is 10.7. The monoisotopic (exact) mass is 469 g/mol. The fraction of sp³-hybridized carbons (Fsp3) is 0.381. The van der Waals surface area contributed by atoms with Crippen LogP contribution in [0, 0.1) is 10.1 Å². The van der Waals surface area contributed by atoms with Crippen LogP contribution in [0.15, 0.2) is 47.4 Å². The van der Waals surface area contributed by atoms with Crippen molar-refractivity contribution in [2.24, 2.45) is 0 Å². The summed E-state index contributed by atoms with van der Waals surface area (Å²) >= 11 is 1.16. The number of hydrogen-bond acceptors (Lipinski definition) is 6. The molecule has 32 heavy (non-hydrogen) atoms. The molecule has 1 N–H and O–H groups in total. The molecule has 2 aromatic rings. The molecule has 1 atom stereocenters. The Hall–Kier alpha value is -2.79. The van der Waals surface area contributed by atoms with Crippen LogP contribution in [0.3, 0.4) is 0 Å². The lowest BCUT2D eigenvalue weighted by molar-refractivity contribution is -0.384. The van der Waals surface area contributed by atoms with Gasteiger partial charge in [0.15, 0.2) is 0 Å². The van der Waals surface area contributed by atoms with E-state index in [-0.39, 0.29) is 17.8 Å². The van der Waals surface area contributed by atoms with Crippen LogP contribution < -0.4 is 10.2 Å². The maximum Gasteiger partial charge on any atom is 0.416 e. The Morgan fingerprint density at radius 1 is 1.22 bits per heavy atom. The quantitative estimate of drug-likeness (QED) is 0.371. The van der Waals surface area contributed by atoms with Crippen LogP contribution in [-0.4, -0.2) is 42.4 Å². The van der Waals surface area contributed by atoms with E-state index in [4.69, 9.17) is 4.74 Å². The van der Waals surface area contributed by atoms with E-state index in [9.17, 15) is 28.1 Å². The lowest BCUT2D eigenvalue weighted by atomic mass is 10.0. The Bertz CT molecular complexity index is 964. The topological polar surface area (TPSA) is 84.7 Å². The predicted octanol–water partition coefficient (Wildman–Crippen LogP) is 4.25. The normalized spacial score (nSPS) is 15.3. The second-order valence-electron chi connectivity index (χ2n) is 7.17. The minimum absolute atomic E-state index is 0.0182. The van der Waals surface area contributed by atoms with Crippen molar-refractivity contribution in [3.63, 3.8) is 0 Å². The van der Waals surface area contributed by atoms with Crippen LogP contribution in [0.25, 0.3) is 0 Å². The number of thioether (sulfide) groups is 1. The maximum absolute atomic E-state index is 13.6. The van der Waals surface area contributed by atoms with Crippen molar-refractivity contribution in [2.75, 3.05) is 31.2 Å². The summed E-state index contributed by atoms with van der Waals surface area (Å²) in [6.07, 6.45) is -4.55. The Kier molecular flexibility index (Phi) is 7.62. The number of anilines is 1. The molecule has 1 unspecified atom stereocenters. The van der Waals surface area contributed by atoms with Gasteiger partial charge < -0.3 is 15.0 Å². The highest BCUT2D eigenvalue weighted by Gasteiger charge is 2.34. The van der Waals surface area contributed by atoms with Gasteiger partial charge in [-0.1, -0.05) is 6.07 Å². The molecule has 1 aliphatic rings. The first kappa shape index (κ1) is 23.9. The van der Waals surface area contributed by atoms with Gasteiger partial charge in [-0.25, -0.2) is 0 Å². The van der Waals surface area contributed by atoms with Gasteiger partial charge in [0.2, 0.25) is 5.91 Å². The average Bonchev–Trinajstić information content (AvgIpc) is 2.77. The molecule has 1 fully saturated rings. The minimum Gasteiger partial charge on any atom is -0.378 e. The molecule has 1 saturated heterocycles. The molecule has 1 aliphatic heterocycles. The highest BCUT2D eigenvalue weighted by Crippen LogP contribution is 2.35. The summed E-state index contributed by atoms with van der Waals surface area (Å²) in [5, 5.41) is 12.7. The highest BCUT2D eigenvalue weighted by atomic mass is 32.2. The minimum atomic E-state index is -4.55. The Balaban J connectivity index is 1.65. The number of amides is 1. The molecular formula is C21H22F3N3O4S. The number of non-ortho nitro benzene ring substituents is 1. The fourth-order valence-electron chi connectivity index (χ4n) is 3.23. The lowest BCUT2D eigenvalue weighted by Gasteiger charge is -2.29. The second kappa shape index (κ2) is 10.2. The van der Waals surface area contributed by atoms with Gasteiger partial charge in [0.25, 0.3) is 5.69 Å². The van der Waals surface area contributed by atoms with Crippen molar-refractivity contribution in [1.29, 1.82) is 0 Å². The SMILES string of the molecule is CC(Sc1ccc([N+](=O)[O-])cc1)C(=O)NCc1ccc(N2CCOCC2)cc1C(F)(F)F. The number of nitro groups is 1. The number of alkyl halides is 3. The van der Waals surface area contributed by atoms with Crippen molar-refractivity contribution in [2.45, 2.75) is 29.8 Å². The van der Waals surface area contributed by atoms with Gasteiger partial charge in [-0.2, -0.15) is 13.2 Å². The fourth-order valence-corrected chi connectivity index (χ4v) is 4.12. The molecule has 0 spiro atoms. The van der Waals surface area contributed by atoms with Crippen LogP contribution in [0.5, 0.6) is 0 Å². The molecule has 0 bridgehead atoms. The second-order valence-corrected chi connectivity index (χ2v) is 8.58. The molecule has 7 nitrogen and oxygen atoms in total. The van der Waals surface area contributed by atoms with Crippen LogP contribution in [-0.2, 0) is 22.3 Å². The number of halogens is 3. The summed E-state index contributed by atoms with van der Waals surface area (Å²) in [6, 6.07) is 9.84. The van der Waals surface area contributed by atoms with Crippen LogP contribution in [0.2, 0.25) is 0 Å². The van der Waals surface area contributed by atoms with E-state index in [1.54, 1.807) is 13.0 Å². The van der Waals surface area contributed by atoms with Crippen molar-refractivity contribution in [3.8, 4) is 0 Å². The van der Waals surface area contributed by atoms with Gasteiger partial charge in [-0.05, 0) is 36.8 Å². The summed E-state index contributed by atoms with van der Waals surface area (Å²) < 4.78 is 46.2. The van der Waals surface area contributed by atoms with Crippen LogP contribution >= 0.6 is 11.8 Å².